The fourth-order valence-corrected chi connectivity index (χ4v) is 5.58. The van der Waals surface area contributed by atoms with E-state index in [1.807, 2.05) is 12.1 Å². The fourth-order valence-electron chi connectivity index (χ4n) is 5.58. The Hall–Kier alpha value is -2.86. The average Bonchev–Trinajstić information content (AvgIpc) is 3.07. The van der Waals surface area contributed by atoms with Crippen molar-refractivity contribution in [3.63, 3.8) is 0 Å². The molecule has 2 N–H and O–H groups in total. The molecule has 32 heavy (non-hydrogen) atoms. The highest BCUT2D eigenvalue weighted by Gasteiger charge is 2.49. The van der Waals surface area contributed by atoms with E-state index in [1.165, 1.54) is 6.07 Å². The minimum absolute atomic E-state index is 0.0982. The van der Waals surface area contributed by atoms with Gasteiger partial charge in [0.05, 0.1) is 10.9 Å². The lowest BCUT2D eigenvalue weighted by atomic mass is 9.60. The number of carbonyl (C=O) groups is 1. The smallest absolute Gasteiger partial charge is 0.309 e. The van der Waals surface area contributed by atoms with Gasteiger partial charge in [0.2, 0.25) is 0 Å². The summed E-state index contributed by atoms with van der Waals surface area (Å²) < 4.78 is 21.9. The number of nitrogens with zero attached hydrogens (tertiary/aromatic N) is 1. The number of ether oxygens (including phenoxy) is 1. The van der Waals surface area contributed by atoms with E-state index in [0.717, 1.165) is 40.7 Å². The SMILES string of the molecule is Cc1cc(-n2c(C3CCOCC3)c([C@H]3C[C@@](C)(C(=O)O)C3)c3cc(O)ccc32)ccc1F. The second kappa shape index (κ2) is 7.62. The van der Waals surface area contributed by atoms with Crippen LogP contribution in [0.1, 0.15) is 61.3 Å². The van der Waals surface area contributed by atoms with Gasteiger partial charge in [-0.15, -0.1) is 0 Å². The van der Waals surface area contributed by atoms with Gasteiger partial charge in [0.1, 0.15) is 11.6 Å². The zero-order valence-electron chi connectivity index (χ0n) is 18.4. The van der Waals surface area contributed by atoms with Crippen LogP contribution in [0.15, 0.2) is 36.4 Å². The molecule has 6 heteroatoms. The van der Waals surface area contributed by atoms with Crippen molar-refractivity contribution in [2.24, 2.45) is 5.41 Å². The lowest BCUT2D eigenvalue weighted by molar-refractivity contribution is -0.154. The first-order valence-corrected chi connectivity index (χ1v) is 11.2. The van der Waals surface area contributed by atoms with Crippen LogP contribution in [0.5, 0.6) is 5.75 Å². The van der Waals surface area contributed by atoms with Gasteiger partial charge in [0.25, 0.3) is 0 Å². The quantitative estimate of drug-likeness (QED) is 0.554. The minimum Gasteiger partial charge on any atom is -0.508 e. The molecule has 0 atom stereocenters. The van der Waals surface area contributed by atoms with Crippen LogP contribution in [0.4, 0.5) is 4.39 Å². The maximum absolute atomic E-state index is 14.1. The van der Waals surface area contributed by atoms with E-state index in [9.17, 15) is 19.4 Å². The van der Waals surface area contributed by atoms with Gasteiger partial charge >= 0.3 is 5.97 Å². The molecule has 168 valence electrons. The zero-order chi connectivity index (χ0) is 22.6. The van der Waals surface area contributed by atoms with E-state index in [-0.39, 0.29) is 23.4 Å². The number of aromatic nitrogens is 1. The second-order valence-corrected chi connectivity index (χ2v) is 9.63. The van der Waals surface area contributed by atoms with Crippen molar-refractivity contribution in [1.29, 1.82) is 0 Å². The van der Waals surface area contributed by atoms with Crippen LogP contribution in [-0.4, -0.2) is 34.0 Å². The molecule has 0 radical (unpaired) electrons. The van der Waals surface area contributed by atoms with Gasteiger partial charge in [-0.2, -0.15) is 0 Å². The van der Waals surface area contributed by atoms with Crippen molar-refractivity contribution >= 4 is 16.9 Å². The number of aliphatic carboxylic acids is 1. The molecule has 2 heterocycles. The number of phenols is 1. The number of carboxylic acid groups (broad SMARTS) is 1. The first-order chi connectivity index (χ1) is 15.3. The molecule has 1 saturated heterocycles. The highest BCUT2D eigenvalue weighted by atomic mass is 19.1. The van der Waals surface area contributed by atoms with E-state index >= 15 is 0 Å². The van der Waals surface area contributed by atoms with Crippen molar-refractivity contribution in [2.75, 3.05) is 13.2 Å². The Morgan fingerprint density at radius 1 is 1.12 bits per heavy atom. The van der Waals surface area contributed by atoms with E-state index in [4.69, 9.17) is 4.74 Å². The summed E-state index contributed by atoms with van der Waals surface area (Å²) in [6, 6.07) is 10.5. The summed E-state index contributed by atoms with van der Waals surface area (Å²) in [5.74, 6) is -0.476. The van der Waals surface area contributed by atoms with Gasteiger partial charge in [-0.25, -0.2) is 4.39 Å². The first kappa shape index (κ1) is 21.0. The molecule has 1 aliphatic heterocycles. The topological polar surface area (TPSA) is 71.7 Å². The average molecular weight is 438 g/mol. The van der Waals surface area contributed by atoms with Crippen molar-refractivity contribution in [1.82, 2.24) is 4.57 Å². The summed E-state index contributed by atoms with van der Waals surface area (Å²) in [5, 5.41) is 20.9. The van der Waals surface area contributed by atoms with Gasteiger partial charge in [-0.1, -0.05) is 0 Å². The molecule has 2 aliphatic rings. The molecule has 5 nitrogen and oxygen atoms in total. The number of carboxylic acids is 1. The van der Waals surface area contributed by atoms with E-state index in [1.54, 1.807) is 32.0 Å². The van der Waals surface area contributed by atoms with Crippen LogP contribution < -0.4 is 0 Å². The Bertz CT molecular complexity index is 1200. The molecule has 5 rings (SSSR count). The van der Waals surface area contributed by atoms with E-state index < -0.39 is 11.4 Å². The van der Waals surface area contributed by atoms with E-state index in [0.29, 0.717) is 31.6 Å². The van der Waals surface area contributed by atoms with Crippen LogP contribution in [0, 0.1) is 18.2 Å². The summed E-state index contributed by atoms with van der Waals surface area (Å²) in [4.78, 5) is 11.8. The Kier molecular flexibility index (Phi) is 5.01. The molecule has 0 amide bonds. The summed E-state index contributed by atoms with van der Waals surface area (Å²) in [7, 11) is 0. The van der Waals surface area contributed by atoms with Crippen LogP contribution in [-0.2, 0) is 9.53 Å². The number of hydrogen-bond acceptors (Lipinski definition) is 3. The largest absolute Gasteiger partial charge is 0.508 e. The molecule has 1 aromatic heterocycles. The first-order valence-electron chi connectivity index (χ1n) is 11.2. The number of phenolic OH excluding ortho intramolecular Hbond substituents is 1. The number of rotatable bonds is 4. The number of hydrogen-bond donors (Lipinski definition) is 2. The number of benzene rings is 2. The van der Waals surface area contributed by atoms with Crippen LogP contribution >= 0.6 is 0 Å². The Morgan fingerprint density at radius 3 is 2.50 bits per heavy atom. The summed E-state index contributed by atoms with van der Waals surface area (Å²) in [5.41, 5.74) is 3.96. The highest BCUT2D eigenvalue weighted by molar-refractivity contribution is 5.90. The normalized spacial score (nSPS) is 23.9. The van der Waals surface area contributed by atoms with Gasteiger partial charge in [-0.05, 0) is 93.0 Å². The maximum Gasteiger partial charge on any atom is 0.309 e. The number of aromatic hydroxyl groups is 1. The molecule has 3 aromatic rings. The predicted octanol–water partition coefficient (Wildman–Crippen LogP) is 5.65. The third-order valence-electron chi connectivity index (χ3n) is 7.35. The van der Waals surface area contributed by atoms with Gasteiger partial charge in [0.15, 0.2) is 0 Å². The Balaban J connectivity index is 1.76. The number of halogens is 1. The summed E-state index contributed by atoms with van der Waals surface area (Å²) >= 11 is 0. The third-order valence-corrected chi connectivity index (χ3v) is 7.35. The van der Waals surface area contributed by atoms with Crippen molar-refractivity contribution in [3.8, 4) is 11.4 Å². The zero-order valence-corrected chi connectivity index (χ0v) is 18.4. The van der Waals surface area contributed by atoms with Crippen LogP contribution in [0.2, 0.25) is 0 Å². The molecule has 1 aliphatic carbocycles. The molecule has 2 aromatic carbocycles. The standard InChI is InChI=1S/C26H28FNO4/c1-15-11-18(3-5-21(15)27)28-22-6-4-19(29)12-20(22)23(17-13-26(2,14-17)25(30)31)24(28)16-7-9-32-10-8-16/h3-6,11-12,16-17,29H,7-10,13-14H2,1-2H3,(H,30,31)/t17-,26+. The highest BCUT2D eigenvalue weighted by Crippen LogP contribution is 2.55. The lowest BCUT2D eigenvalue weighted by Gasteiger charge is -2.43. The molecule has 0 spiro atoms. The van der Waals surface area contributed by atoms with Crippen molar-refractivity contribution < 1.29 is 24.1 Å². The molecule has 0 bridgehead atoms. The van der Waals surface area contributed by atoms with Gasteiger partial charge in [0, 0.05) is 35.9 Å². The maximum atomic E-state index is 14.1. The fraction of sp³-hybridized carbons (Fsp3) is 0.423. The van der Waals surface area contributed by atoms with Crippen LogP contribution in [0.25, 0.3) is 16.6 Å². The van der Waals surface area contributed by atoms with Crippen molar-refractivity contribution in [2.45, 2.75) is 51.4 Å². The summed E-state index contributed by atoms with van der Waals surface area (Å²) in [6.07, 6.45) is 2.88. The number of aryl methyl sites for hydroxylation is 1. The second-order valence-electron chi connectivity index (χ2n) is 9.63. The Labute approximate surface area is 186 Å². The predicted molar refractivity (Wildman–Crippen MR) is 120 cm³/mol. The monoisotopic (exact) mass is 437 g/mol. The number of fused-ring (bicyclic) bond motifs is 1. The molecular formula is C26H28FNO4. The van der Waals surface area contributed by atoms with Crippen molar-refractivity contribution in [3.05, 3.63) is 59.0 Å². The van der Waals surface area contributed by atoms with Crippen LogP contribution in [0.3, 0.4) is 0 Å². The molecule has 0 unspecified atom stereocenters. The Morgan fingerprint density at radius 2 is 1.84 bits per heavy atom. The van der Waals surface area contributed by atoms with Gasteiger partial charge in [-0.3, -0.25) is 4.79 Å². The van der Waals surface area contributed by atoms with Gasteiger partial charge < -0.3 is 19.5 Å². The molecule has 1 saturated carbocycles. The molecule has 2 fully saturated rings. The lowest BCUT2D eigenvalue weighted by Crippen LogP contribution is -2.40. The minimum atomic E-state index is -0.762. The van der Waals surface area contributed by atoms with E-state index in [2.05, 4.69) is 4.57 Å². The summed E-state index contributed by atoms with van der Waals surface area (Å²) in [6.45, 7) is 4.92. The third kappa shape index (κ3) is 3.28. The molecular weight excluding hydrogens is 409 g/mol.